The molecule has 0 saturated carbocycles. The zero-order valence-corrected chi connectivity index (χ0v) is 12.3. The van der Waals surface area contributed by atoms with E-state index in [-0.39, 0.29) is 6.04 Å². The molecule has 4 heteroatoms. The highest BCUT2D eigenvalue weighted by atomic mass is 16.3. The van der Waals surface area contributed by atoms with Gasteiger partial charge in [-0.1, -0.05) is 12.1 Å². The fourth-order valence-corrected chi connectivity index (χ4v) is 2.48. The molecule has 0 aliphatic carbocycles. The quantitative estimate of drug-likeness (QED) is 0.751. The summed E-state index contributed by atoms with van der Waals surface area (Å²) in [5, 5.41) is 13.4. The van der Waals surface area contributed by atoms with E-state index in [2.05, 4.69) is 10.3 Å². The van der Waals surface area contributed by atoms with Gasteiger partial charge in [-0.2, -0.15) is 0 Å². The zero-order chi connectivity index (χ0) is 15.0. The van der Waals surface area contributed by atoms with E-state index in [1.807, 2.05) is 51.1 Å². The second-order valence-electron chi connectivity index (χ2n) is 5.34. The van der Waals surface area contributed by atoms with E-state index in [0.717, 1.165) is 27.9 Å². The number of fused-ring (bicyclic) bond motifs is 1. The summed E-state index contributed by atoms with van der Waals surface area (Å²) in [4.78, 5) is 4.33. The molecule has 1 unspecified atom stereocenters. The predicted octanol–water partition coefficient (Wildman–Crippen LogP) is 4.32. The molecule has 0 aliphatic rings. The van der Waals surface area contributed by atoms with Crippen LogP contribution in [-0.4, -0.2) is 10.1 Å². The van der Waals surface area contributed by atoms with E-state index >= 15 is 0 Å². The van der Waals surface area contributed by atoms with E-state index in [9.17, 15) is 5.11 Å². The second-order valence-corrected chi connectivity index (χ2v) is 5.34. The number of phenolic OH excluding ortho intramolecular Hbond substituents is 1. The minimum atomic E-state index is -0.00366. The highest BCUT2D eigenvalue weighted by molar-refractivity contribution is 5.77. The van der Waals surface area contributed by atoms with Crippen molar-refractivity contribution >= 4 is 16.8 Å². The van der Waals surface area contributed by atoms with Crippen molar-refractivity contribution in [3.8, 4) is 5.75 Å². The molecule has 2 N–H and O–H groups in total. The van der Waals surface area contributed by atoms with Gasteiger partial charge in [-0.25, -0.2) is 4.98 Å². The van der Waals surface area contributed by atoms with E-state index < -0.39 is 0 Å². The first-order valence-corrected chi connectivity index (χ1v) is 6.96. The van der Waals surface area contributed by atoms with Gasteiger partial charge in [0, 0.05) is 18.2 Å². The molecule has 0 radical (unpaired) electrons. The number of anilines is 1. The number of hydrogen-bond donors (Lipinski definition) is 2. The molecular weight excluding hydrogens is 264 g/mol. The average molecular weight is 282 g/mol. The Morgan fingerprint density at radius 3 is 2.71 bits per heavy atom. The number of rotatable bonds is 3. The molecule has 0 spiro atoms. The Morgan fingerprint density at radius 2 is 1.95 bits per heavy atom. The third-order valence-corrected chi connectivity index (χ3v) is 3.53. The van der Waals surface area contributed by atoms with Crippen LogP contribution in [0.25, 0.3) is 11.1 Å². The van der Waals surface area contributed by atoms with Crippen molar-refractivity contribution in [1.82, 2.24) is 4.98 Å². The maximum Gasteiger partial charge on any atom is 0.192 e. The third-order valence-electron chi connectivity index (χ3n) is 3.53. The first kappa shape index (κ1) is 13.5. The van der Waals surface area contributed by atoms with Crippen LogP contribution in [0.3, 0.4) is 0 Å². The third kappa shape index (κ3) is 2.70. The van der Waals surface area contributed by atoms with Crippen LogP contribution < -0.4 is 5.32 Å². The maximum atomic E-state index is 10.0. The van der Waals surface area contributed by atoms with E-state index in [1.165, 1.54) is 0 Å². The molecule has 0 bridgehead atoms. The van der Waals surface area contributed by atoms with Crippen molar-refractivity contribution in [3.63, 3.8) is 0 Å². The highest BCUT2D eigenvalue weighted by Crippen LogP contribution is 2.29. The monoisotopic (exact) mass is 282 g/mol. The van der Waals surface area contributed by atoms with E-state index in [0.29, 0.717) is 11.6 Å². The van der Waals surface area contributed by atoms with Gasteiger partial charge in [0.25, 0.3) is 0 Å². The Balaban J connectivity index is 1.86. The molecule has 2 aromatic carbocycles. The number of aryl methyl sites for hydroxylation is 2. The standard InChI is InChI=1S/C17H18N2O2/c1-10-4-6-14(16(20)8-10)11(2)18-13-5-7-17-15(9-13)19-12(3)21-17/h4-9,11,18,20H,1-3H3. The number of aromatic nitrogens is 1. The van der Waals surface area contributed by atoms with Crippen LogP contribution in [0.1, 0.15) is 30.0 Å². The molecule has 0 amide bonds. The van der Waals surface area contributed by atoms with Gasteiger partial charge in [-0.05, 0) is 43.7 Å². The Hall–Kier alpha value is -2.49. The molecule has 1 atom stereocenters. The second kappa shape index (κ2) is 5.13. The normalized spacial score (nSPS) is 12.5. The molecule has 108 valence electrons. The Bertz CT molecular complexity index is 793. The van der Waals surface area contributed by atoms with Crippen molar-refractivity contribution < 1.29 is 9.52 Å². The molecule has 3 rings (SSSR count). The number of aromatic hydroxyl groups is 1. The highest BCUT2D eigenvalue weighted by Gasteiger charge is 2.11. The van der Waals surface area contributed by atoms with Crippen LogP contribution in [0, 0.1) is 13.8 Å². The SMILES string of the molecule is Cc1ccc(C(C)Nc2ccc3oc(C)nc3c2)c(O)c1. The predicted molar refractivity (Wildman–Crippen MR) is 83.6 cm³/mol. The van der Waals surface area contributed by atoms with Crippen molar-refractivity contribution in [2.75, 3.05) is 5.32 Å². The van der Waals surface area contributed by atoms with Crippen molar-refractivity contribution in [1.29, 1.82) is 0 Å². The number of nitrogens with one attached hydrogen (secondary N) is 1. The Labute approximate surface area is 123 Å². The van der Waals surface area contributed by atoms with Crippen molar-refractivity contribution in [2.24, 2.45) is 0 Å². The molecule has 3 aromatic rings. The number of nitrogens with zero attached hydrogens (tertiary/aromatic N) is 1. The molecule has 1 aromatic heterocycles. The molecular formula is C17H18N2O2. The Morgan fingerprint density at radius 1 is 1.14 bits per heavy atom. The number of benzene rings is 2. The van der Waals surface area contributed by atoms with Crippen LogP contribution in [0.5, 0.6) is 5.75 Å². The summed E-state index contributed by atoms with van der Waals surface area (Å²) in [5.41, 5.74) is 4.48. The van der Waals surface area contributed by atoms with Crippen molar-refractivity contribution in [3.05, 3.63) is 53.4 Å². The van der Waals surface area contributed by atoms with Gasteiger partial charge in [-0.3, -0.25) is 0 Å². The lowest BCUT2D eigenvalue weighted by Crippen LogP contribution is -2.06. The summed E-state index contributed by atoms with van der Waals surface area (Å²) >= 11 is 0. The first-order valence-electron chi connectivity index (χ1n) is 6.96. The van der Waals surface area contributed by atoms with Gasteiger partial charge in [0.15, 0.2) is 11.5 Å². The summed E-state index contributed by atoms with van der Waals surface area (Å²) in [7, 11) is 0. The van der Waals surface area contributed by atoms with Crippen LogP contribution in [0.4, 0.5) is 5.69 Å². The summed E-state index contributed by atoms with van der Waals surface area (Å²) in [6.45, 7) is 5.81. The molecule has 1 heterocycles. The number of hydrogen-bond acceptors (Lipinski definition) is 4. The Kier molecular flexibility index (Phi) is 3.29. The van der Waals surface area contributed by atoms with Gasteiger partial charge >= 0.3 is 0 Å². The van der Waals surface area contributed by atoms with Gasteiger partial charge in [-0.15, -0.1) is 0 Å². The topological polar surface area (TPSA) is 58.3 Å². The van der Waals surface area contributed by atoms with E-state index in [1.54, 1.807) is 6.07 Å². The van der Waals surface area contributed by atoms with Gasteiger partial charge in [0.1, 0.15) is 11.3 Å². The van der Waals surface area contributed by atoms with Crippen LogP contribution in [0.15, 0.2) is 40.8 Å². The van der Waals surface area contributed by atoms with Gasteiger partial charge in [0.2, 0.25) is 0 Å². The molecule has 0 fully saturated rings. The lowest BCUT2D eigenvalue weighted by Gasteiger charge is -2.17. The van der Waals surface area contributed by atoms with Crippen LogP contribution >= 0.6 is 0 Å². The minimum absolute atomic E-state index is 0.00366. The smallest absolute Gasteiger partial charge is 0.192 e. The fraction of sp³-hybridized carbons (Fsp3) is 0.235. The minimum Gasteiger partial charge on any atom is -0.508 e. The lowest BCUT2D eigenvalue weighted by atomic mass is 10.0. The summed E-state index contributed by atoms with van der Waals surface area (Å²) in [5.74, 6) is 0.972. The fourth-order valence-electron chi connectivity index (χ4n) is 2.48. The lowest BCUT2D eigenvalue weighted by molar-refractivity contribution is 0.465. The maximum absolute atomic E-state index is 10.0. The van der Waals surface area contributed by atoms with Crippen LogP contribution in [0.2, 0.25) is 0 Å². The molecule has 21 heavy (non-hydrogen) atoms. The average Bonchev–Trinajstić information content (AvgIpc) is 2.77. The van der Waals surface area contributed by atoms with Gasteiger partial charge in [0.05, 0.1) is 6.04 Å². The number of oxazole rings is 1. The largest absolute Gasteiger partial charge is 0.508 e. The zero-order valence-electron chi connectivity index (χ0n) is 12.3. The summed E-state index contributed by atoms with van der Waals surface area (Å²) in [6.07, 6.45) is 0. The molecule has 0 saturated heterocycles. The molecule has 0 aliphatic heterocycles. The van der Waals surface area contributed by atoms with E-state index in [4.69, 9.17) is 4.42 Å². The summed E-state index contributed by atoms with van der Waals surface area (Å²) < 4.78 is 5.47. The molecule has 4 nitrogen and oxygen atoms in total. The van der Waals surface area contributed by atoms with Crippen LogP contribution in [-0.2, 0) is 0 Å². The van der Waals surface area contributed by atoms with Gasteiger partial charge < -0.3 is 14.8 Å². The van der Waals surface area contributed by atoms with Crippen molar-refractivity contribution in [2.45, 2.75) is 26.8 Å². The summed E-state index contributed by atoms with van der Waals surface area (Å²) in [6, 6.07) is 11.5. The first-order chi connectivity index (χ1) is 10.0. The number of phenols is 1.